The number of aryl methyl sites for hydroxylation is 1. The number of fused-ring (bicyclic) bond motifs is 1. The molecule has 5 rings (SSSR count). The molecule has 3 N–H and O–H groups in total. The zero-order valence-corrected chi connectivity index (χ0v) is 20.5. The SMILES string of the molecule is Cc1cc(Nc2nc(N3CCN(C(=O)C4(NC(=O)OC(C)(C)C)CC4)CC3)nn3cccc23)n[nH]1. The van der Waals surface area contributed by atoms with E-state index in [4.69, 9.17) is 9.72 Å². The highest BCUT2D eigenvalue weighted by Crippen LogP contribution is 2.38. The van der Waals surface area contributed by atoms with Gasteiger partial charge in [0, 0.05) is 44.1 Å². The van der Waals surface area contributed by atoms with Crippen molar-refractivity contribution >= 4 is 35.1 Å². The number of alkyl carbamates (subject to hydrolysis) is 1. The number of ether oxygens (including phenoxy) is 1. The van der Waals surface area contributed by atoms with Crippen molar-refractivity contribution in [2.45, 2.75) is 51.7 Å². The van der Waals surface area contributed by atoms with Crippen LogP contribution in [0.2, 0.25) is 0 Å². The molecule has 0 spiro atoms. The number of carbonyl (C=O) groups is 2. The molecule has 1 saturated heterocycles. The summed E-state index contributed by atoms with van der Waals surface area (Å²) in [6, 6.07) is 5.76. The first kappa shape index (κ1) is 22.9. The molecule has 0 radical (unpaired) electrons. The van der Waals surface area contributed by atoms with Crippen LogP contribution in [0.1, 0.15) is 39.3 Å². The largest absolute Gasteiger partial charge is 0.444 e. The van der Waals surface area contributed by atoms with Crippen molar-refractivity contribution in [1.29, 1.82) is 0 Å². The molecule has 1 aliphatic carbocycles. The zero-order valence-electron chi connectivity index (χ0n) is 20.5. The Morgan fingerprint density at radius 1 is 1.17 bits per heavy atom. The number of H-pyrrole nitrogens is 1. The van der Waals surface area contributed by atoms with Gasteiger partial charge in [-0.2, -0.15) is 10.1 Å². The molecule has 186 valence electrons. The minimum atomic E-state index is -0.843. The van der Waals surface area contributed by atoms with E-state index in [2.05, 4.69) is 30.8 Å². The average Bonchev–Trinajstić information content (AvgIpc) is 3.20. The average molecular weight is 482 g/mol. The predicted molar refractivity (Wildman–Crippen MR) is 130 cm³/mol. The molecule has 4 heterocycles. The van der Waals surface area contributed by atoms with E-state index in [1.807, 2.05) is 31.3 Å². The molecule has 3 aromatic rings. The van der Waals surface area contributed by atoms with Gasteiger partial charge in [-0.25, -0.2) is 9.31 Å². The van der Waals surface area contributed by atoms with E-state index >= 15 is 0 Å². The van der Waals surface area contributed by atoms with E-state index in [1.165, 1.54) is 0 Å². The summed E-state index contributed by atoms with van der Waals surface area (Å²) < 4.78 is 7.13. The maximum absolute atomic E-state index is 13.2. The molecular weight excluding hydrogens is 450 g/mol. The lowest BCUT2D eigenvalue weighted by molar-refractivity contribution is -0.134. The minimum Gasteiger partial charge on any atom is -0.444 e. The van der Waals surface area contributed by atoms with Crippen molar-refractivity contribution in [2.75, 3.05) is 36.4 Å². The van der Waals surface area contributed by atoms with Gasteiger partial charge in [0.25, 0.3) is 0 Å². The summed E-state index contributed by atoms with van der Waals surface area (Å²) in [5.41, 5.74) is 0.332. The number of aromatic amines is 1. The van der Waals surface area contributed by atoms with Crippen LogP contribution in [-0.2, 0) is 9.53 Å². The minimum absolute atomic E-state index is 0.0546. The fourth-order valence-electron chi connectivity index (χ4n) is 4.18. The lowest BCUT2D eigenvalue weighted by Gasteiger charge is -2.36. The van der Waals surface area contributed by atoms with Crippen molar-refractivity contribution in [3.05, 3.63) is 30.1 Å². The number of nitrogens with zero attached hydrogens (tertiary/aromatic N) is 6. The van der Waals surface area contributed by atoms with Gasteiger partial charge in [-0.1, -0.05) is 0 Å². The van der Waals surface area contributed by atoms with Crippen LogP contribution in [0.5, 0.6) is 0 Å². The smallest absolute Gasteiger partial charge is 0.408 e. The van der Waals surface area contributed by atoms with Crippen LogP contribution in [0.25, 0.3) is 5.52 Å². The van der Waals surface area contributed by atoms with Crippen molar-refractivity contribution in [3.63, 3.8) is 0 Å². The number of nitrogens with one attached hydrogen (secondary N) is 3. The third-order valence-corrected chi connectivity index (χ3v) is 6.08. The highest BCUT2D eigenvalue weighted by Gasteiger charge is 2.54. The number of carbonyl (C=O) groups excluding carboxylic acids is 2. The van der Waals surface area contributed by atoms with Gasteiger partial charge in [-0.3, -0.25) is 9.89 Å². The first-order valence-electron chi connectivity index (χ1n) is 11.8. The summed E-state index contributed by atoms with van der Waals surface area (Å²) in [5.74, 6) is 1.85. The van der Waals surface area contributed by atoms with Gasteiger partial charge in [0.05, 0.1) is 0 Å². The number of hydrogen-bond acceptors (Lipinski definition) is 8. The van der Waals surface area contributed by atoms with Crippen molar-refractivity contribution in [3.8, 4) is 0 Å². The van der Waals surface area contributed by atoms with Gasteiger partial charge in [0.1, 0.15) is 16.7 Å². The van der Waals surface area contributed by atoms with Gasteiger partial charge in [0.2, 0.25) is 11.9 Å². The third kappa shape index (κ3) is 4.86. The Morgan fingerprint density at radius 2 is 1.91 bits per heavy atom. The van der Waals surface area contributed by atoms with E-state index in [0.717, 1.165) is 11.2 Å². The Bertz CT molecular complexity index is 1250. The van der Waals surface area contributed by atoms with Crippen LogP contribution >= 0.6 is 0 Å². The van der Waals surface area contributed by atoms with Gasteiger partial charge in [-0.15, -0.1) is 5.10 Å². The quantitative estimate of drug-likeness (QED) is 0.505. The van der Waals surface area contributed by atoms with Gasteiger partial charge in [-0.05, 0) is 52.7 Å². The van der Waals surface area contributed by atoms with E-state index < -0.39 is 17.2 Å². The zero-order chi connectivity index (χ0) is 24.8. The van der Waals surface area contributed by atoms with E-state index in [9.17, 15) is 9.59 Å². The van der Waals surface area contributed by atoms with E-state index in [0.29, 0.717) is 56.6 Å². The second-order valence-electron chi connectivity index (χ2n) is 10.1. The van der Waals surface area contributed by atoms with Crippen LogP contribution in [0.3, 0.4) is 0 Å². The van der Waals surface area contributed by atoms with Crippen LogP contribution in [0.4, 0.5) is 22.4 Å². The monoisotopic (exact) mass is 481 g/mol. The standard InChI is InChI=1S/C23H31N9O3/c1-15-14-17(28-27-15)24-18-16-6-5-9-32(16)29-20(25-18)31-12-10-30(11-13-31)19(33)23(7-8-23)26-21(34)35-22(2,3)4/h5-6,9,14H,7-8,10-13H2,1-4H3,(H,26,34)(H2,24,25,27,28,29). The van der Waals surface area contributed by atoms with Crippen LogP contribution in [-0.4, -0.2) is 79.0 Å². The molecule has 0 atom stereocenters. The highest BCUT2D eigenvalue weighted by molar-refractivity contribution is 5.93. The predicted octanol–water partition coefficient (Wildman–Crippen LogP) is 2.21. The summed E-state index contributed by atoms with van der Waals surface area (Å²) >= 11 is 0. The number of aromatic nitrogens is 5. The molecule has 1 saturated carbocycles. The van der Waals surface area contributed by atoms with Crippen molar-refractivity contribution < 1.29 is 14.3 Å². The molecule has 2 amide bonds. The van der Waals surface area contributed by atoms with Crippen molar-refractivity contribution in [2.24, 2.45) is 0 Å². The fraction of sp³-hybridized carbons (Fsp3) is 0.522. The second-order valence-corrected chi connectivity index (χ2v) is 10.1. The van der Waals surface area contributed by atoms with E-state index in [-0.39, 0.29) is 5.91 Å². The molecule has 1 aliphatic heterocycles. The van der Waals surface area contributed by atoms with Crippen LogP contribution in [0, 0.1) is 6.92 Å². The molecule has 3 aromatic heterocycles. The Labute approximate surface area is 203 Å². The topological polar surface area (TPSA) is 133 Å². The maximum atomic E-state index is 13.2. The fourth-order valence-corrected chi connectivity index (χ4v) is 4.18. The lowest BCUT2D eigenvalue weighted by Crippen LogP contribution is -2.57. The Hall–Kier alpha value is -3.83. The summed E-state index contributed by atoms with van der Waals surface area (Å²) in [6.45, 7) is 9.55. The number of anilines is 3. The first-order chi connectivity index (χ1) is 16.6. The molecule has 2 aliphatic rings. The lowest BCUT2D eigenvalue weighted by atomic mass is 10.2. The molecular formula is C23H31N9O3. The van der Waals surface area contributed by atoms with Gasteiger partial charge < -0.3 is 25.2 Å². The van der Waals surface area contributed by atoms with Crippen molar-refractivity contribution in [1.82, 2.24) is 35.0 Å². The summed E-state index contributed by atoms with van der Waals surface area (Å²) in [7, 11) is 0. The molecule has 12 heteroatoms. The molecule has 2 fully saturated rings. The molecule has 0 bridgehead atoms. The first-order valence-corrected chi connectivity index (χ1v) is 11.8. The van der Waals surface area contributed by atoms with Crippen LogP contribution < -0.4 is 15.5 Å². The summed E-state index contributed by atoms with van der Waals surface area (Å²) in [4.78, 5) is 34.1. The summed E-state index contributed by atoms with van der Waals surface area (Å²) in [5, 5.41) is 17.9. The molecule has 0 aromatic carbocycles. The Morgan fingerprint density at radius 3 is 2.54 bits per heavy atom. The molecule has 35 heavy (non-hydrogen) atoms. The Balaban J connectivity index is 1.25. The Kier molecular flexibility index (Phi) is 5.53. The number of hydrogen-bond donors (Lipinski definition) is 3. The van der Waals surface area contributed by atoms with Gasteiger partial charge in [0.15, 0.2) is 11.6 Å². The van der Waals surface area contributed by atoms with E-state index in [1.54, 1.807) is 30.2 Å². The second kappa shape index (κ2) is 8.43. The van der Waals surface area contributed by atoms with Gasteiger partial charge >= 0.3 is 6.09 Å². The number of rotatable bonds is 5. The highest BCUT2D eigenvalue weighted by atomic mass is 16.6. The number of piperazine rings is 1. The normalized spacial score (nSPS) is 17.4. The molecule has 12 nitrogen and oxygen atoms in total. The summed E-state index contributed by atoms with van der Waals surface area (Å²) in [6.07, 6.45) is 2.57. The van der Waals surface area contributed by atoms with Crippen LogP contribution in [0.15, 0.2) is 24.4 Å². The third-order valence-electron chi connectivity index (χ3n) is 6.08. The maximum Gasteiger partial charge on any atom is 0.408 e. The molecule has 0 unspecified atom stereocenters. The number of amides is 2.